The van der Waals surface area contributed by atoms with Crippen LogP contribution in [-0.2, 0) is 0 Å². The lowest BCUT2D eigenvalue weighted by Gasteiger charge is -1.94. The average Bonchev–Trinajstić information content (AvgIpc) is 2.82. The third kappa shape index (κ3) is 1.64. The molecular weight excluding hydrogens is 212 g/mol. The van der Waals surface area contributed by atoms with Gasteiger partial charge >= 0.3 is 0 Å². The highest BCUT2D eigenvalue weighted by Crippen LogP contribution is 2.19. The topological polar surface area (TPSA) is 54.0 Å². The van der Waals surface area contributed by atoms with E-state index in [0.29, 0.717) is 5.56 Å². The molecule has 2 heterocycles. The van der Waals surface area contributed by atoms with Gasteiger partial charge in [0.1, 0.15) is 0 Å². The van der Waals surface area contributed by atoms with E-state index >= 15 is 0 Å². The van der Waals surface area contributed by atoms with Crippen LogP contribution in [0.4, 0.5) is 0 Å². The van der Waals surface area contributed by atoms with Gasteiger partial charge in [0.25, 0.3) is 0 Å². The van der Waals surface area contributed by atoms with Crippen molar-refractivity contribution in [1.29, 1.82) is 5.26 Å². The summed E-state index contributed by atoms with van der Waals surface area (Å²) in [4.78, 5) is 4.21. The fraction of sp³-hybridized carbons (Fsp3) is 0. The highest BCUT2D eigenvalue weighted by atomic mass is 15.2. The zero-order valence-electron chi connectivity index (χ0n) is 8.91. The minimum Gasteiger partial charge on any atom is -0.237 e. The summed E-state index contributed by atoms with van der Waals surface area (Å²) in [6.45, 7) is 0. The Balaban J connectivity index is 2.11. The van der Waals surface area contributed by atoms with Gasteiger partial charge in [-0.15, -0.1) is 0 Å². The lowest BCUT2D eigenvalue weighted by molar-refractivity contribution is 0.943. The molecule has 17 heavy (non-hydrogen) atoms. The molecular formula is C13H8N4. The SMILES string of the molecule is N#Cc1ccc(-c2cc3ncccn3n2)cc1. The molecule has 1 aromatic carbocycles. The van der Waals surface area contributed by atoms with Crippen molar-refractivity contribution in [2.75, 3.05) is 0 Å². The number of nitrogens with zero attached hydrogens (tertiary/aromatic N) is 4. The molecule has 0 atom stereocenters. The molecule has 2 aromatic heterocycles. The van der Waals surface area contributed by atoms with Crippen LogP contribution in [0.1, 0.15) is 5.56 Å². The van der Waals surface area contributed by atoms with Crippen molar-refractivity contribution >= 4 is 5.65 Å². The maximum atomic E-state index is 8.73. The van der Waals surface area contributed by atoms with Crippen molar-refractivity contribution < 1.29 is 0 Å². The standard InChI is InChI=1S/C13H8N4/c14-9-10-2-4-11(5-3-10)12-8-13-15-6-1-7-17(13)16-12/h1-8H. The van der Waals surface area contributed by atoms with E-state index in [-0.39, 0.29) is 0 Å². The first-order valence-electron chi connectivity index (χ1n) is 5.18. The number of fused-ring (bicyclic) bond motifs is 1. The van der Waals surface area contributed by atoms with Crippen LogP contribution in [-0.4, -0.2) is 14.6 Å². The van der Waals surface area contributed by atoms with E-state index in [1.165, 1.54) is 0 Å². The number of rotatable bonds is 1. The summed E-state index contributed by atoms with van der Waals surface area (Å²) in [5.41, 5.74) is 3.30. The predicted octanol–water partition coefficient (Wildman–Crippen LogP) is 2.27. The third-order valence-corrected chi connectivity index (χ3v) is 2.55. The predicted molar refractivity (Wildman–Crippen MR) is 63.1 cm³/mol. The molecule has 0 radical (unpaired) electrons. The van der Waals surface area contributed by atoms with Gasteiger partial charge in [-0.3, -0.25) is 0 Å². The summed E-state index contributed by atoms with van der Waals surface area (Å²) in [5.74, 6) is 0. The maximum absolute atomic E-state index is 8.73. The number of aromatic nitrogens is 3. The lowest BCUT2D eigenvalue weighted by Crippen LogP contribution is -1.87. The monoisotopic (exact) mass is 220 g/mol. The van der Waals surface area contributed by atoms with Crippen molar-refractivity contribution in [2.45, 2.75) is 0 Å². The van der Waals surface area contributed by atoms with Gasteiger partial charge in [0.05, 0.1) is 17.3 Å². The van der Waals surface area contributed by atoms with Gasteiger partial charge in [-0.05, 0) is 18.2 Å². The quantitative estimate of drug-likeness (QED) is 0.632. The molecule has 0 saturated carbocycles. The molecule has 0 spiro atoms. The maximum Gasteiger partial charge on any atom is 0.155 e. The highest BCUT2D eigenvalue weighted by molar-refractivity contribution is 5.64. The van der Waals surface area contributed by atoms with Crippen LogP contribution in [0, 0.1) is 11.3 Å². The molecule has 0 saturated heterocycles. The first-order valence-corrected chi connectivity index (χ1v) is 5.18. The number of hydrogen-bond donors (Lipinski definition) is 0. The first kappa shape index (κ1) is 9.55. The van der Waals surface area contributed by atoms with Crippen LogP contribution in [0.15, 0.2) is 48.8 Å². The zero-order valence-corrected chi connectivity index (χ0v) is 8.91. The van der Waals surface area contributed by atoms with Gasteiger partial charge < -0.3 is 0 Å². The van der Waals surface area contributed by atoms with E-state index in [0.717, 1.165) is 16.9 Å². The number of benzene rings is 1. The van der Waals surface area contributed by atoms with Crippen molar-refractivity contribution in [3.05, 3.63) is 54.4 Å². The van der Waals surface area contributed by atoms with E-state index < -0.39 is 0 Å². The molecule has 3 rings (SSSR count). The number of hydrogen-bond acceptors (Lipinski definition) is 3. The van der Waals surface area contributed by atoms with E-state index in [2.05, 4.69) is 16.2 Å². The highest BCUT2D eigenvalue weighted by Gasteiger charge is 2.04. The van der Waals surface area contributed by atoms with E-state index in [1.807, 2.05) is 30.5 Å². The minimum absolute atomic E-state index is 0.649. The number of nitriles is 1. The largest absolute Gasteiger partial charge is 0.237 e. The summed E-state index contributed by atoms with van der Waals surface area (Å²) in [6, 6.07) is 13.2. The van der Waals surface area contributed by atoms with E-state index in [9.17, 15) is 0 Å². The summed E-state index contributed by atoms with van der Waals surface area (Å²) in [7, 11) is 0. The smallest absolute Gasteiger partial charge is 0.155 e. The zero-order chi connectivity index (χ0) is 11.7. The molecule has 4 heteroatoms. The minimum atomic E-state index is 0.649. The fourth-order valence-corrected chi connectivity index (χ4v) is 1.69. The molecule has 0 aliphatic rings. The van der Waals surface area contributed by atoms with Gasteiger partial charge in [-0.1, -0.05) is 12.1 Å². The summed E-state index contributed by atoms with van der Waals surface area (Å²) in [5, 5.41) is 13.1. The summed E-state index contributed by atoms with van der Waals surface area (Å²) in [6.07, 6.45) is 3.59. The van der Waals surface area contributed by atoms with Crippen LogP contribution in [0.5, 0.6) is 0 Å². The Morgan fingerprint density at radius 2 is 2.00 bits per heavy atom. The Kier molecular flexibility index (Phi) is 2.09. The van der Waals surface area contributed by atoms with Gasteiger partial charge in [0.15, 0.2) is 5.65 Å². The van der Waals surface area contributed by atoms with Crippen molar-refractivity contribution in [2.24, 2.45) is 0 Å². The molecule has 0 fully saturated rings. The van der Waals surface area contributed by atoms with Crippen molar-refractivity contribution in [3.8, 4) is 17.3 Å². The molecule has 3 aromatic rings. The Morgan fingerprint density at radius 3 is 2.71 bits per heavy atom. The molecule has 0 aliphatic heterocycles. The van der Waals surface area contributed by atoms with Crippen LogP contribution in [0.2, 0.25) is 0 Å². The normalized spacial score (nSPS) is 10.3. The second kappa shape index (κ2) is 3.72. The van der Waals surface area contributed by atoms with Crippen LogP contribution >= 0.6 is 0 Å². The van der Waals surface area contributed by atoms with Gasteiger partial charge in [0.2, 0.25) is 0 Å². The Labute approximate surface area is 97.8 Å². The Morgan fingerprint density at radius 1 is 1.18 bits per heavy atom. The molecule has 0 aliphatic carbocycles. The molecule has 0 amide bonds. The lowest BCUT2D eigenvalue weighted by atomic mass is 10.1. The molecule has 0 bridgehead atoms. The summed E-state index contributed by atoms with van der Waals surface area (Å²) < 4.78 is 1.73. The third-order valence-electron chi connectivity index (χ3n) is 2.55. The van der Waals surface area contributed by atoms with Gasteiger partial charge in [-0.25, -0.2) is 9.50 Å². The summed E-state index contributed by atoms with van der Waals surface area (Å²) >= 11 is 0. The van der Waals surface area contributed by atoms with Crippen LogP contribution in [0.25, 0.3) is 16.9 Å². The van der Waals surface area contributed by atoms with Gasteiger partial charge in [0, 0.05) is 24.0 Å². The van der Waals surface area contributed by atoms with E-state index in [4.69, 9.17) is 5.26 Å². The van der Waals surface area contributed by atoms with Gasteiger partial charge in [-0.2, -0.15) is 10.4 Å². The second-order valence-corrected chi connectivity index (χ2v) is 3.64. The molecule has 0 unspecified atom stereocenters. The Hall–Kier alpha value is -2.67. The van der Waals surface area contributed by atoms with E-state index in [1.54, 1.807) is 22.8 Å². The first-order chi connectivity index (χ1) is 8.36. The molecule has 4 nitrogen and oxygen atoms in total. The second-order valence-electron chi connectivity index (χ2n) is 3.64. The van der Waals surface area contributed by atoms with Crippen LogP contribution < -0.4 is 0 Å². The fourth-order valence-electron chi connectivity index (χ4n) is 1.69. The Bertz CT molecular complexity index is 671. The van der Waals surface area contributed by atoms with Crippen molar-refractivity contribution in [1.82, 2.24) is 14.6 Å². The molecule has 80 valence electrons. The average molecular weight is 220 g/mol. The van der Waals surface area contributed by atoms with Crippen LogP contribution in [0.3, 0.4) is 0 Å². The molecule has 0 N–H and O–H groups in total. The van der Waals surface area contributed by atoms with Crippen molar-refractivity contribution in [3.63, 3.8) is 0 Å².